The quantitative estimate of drug-likeness (QED) is 0.109. The zero-order valence-corrected chi connectivity index (χ0v) is 29.7. The van der Waals surface area contributed by atoms with Crippen molar-refractivity contribution in [2.45, 2.75) is 79.1 Å². The minimum atomic E-state index is -0.953. The Morgan fingerprint density at radius 3 is 1.24 bits per heavy atom. The van der Waals surface area contributed by atoms with Crippen LogP contribution in [0.4, 0.5) is 0 Å². The van der Waals surface area contributed by atoms with Crippen molar-refractivity contribution in [3.8, 4) is 0 Å². The molecule has 266 valence electrons. The van der Waals surface area contributed by atoms with Gasteiger partial charge in [0.2, 0.25) is 0 Å². The van der Waals surface area contributed by atoms with Gasteiger partial charge < -0.3 is 30.4 Å². The highest BCUT2D eigenvalue weighted by Crippen LogP contribution is 2.38. The minimum absolute atomic E-state index is 0. The van der Waals surface area contributed by atoms with Crippen molar-refractivity contribution in [1.82, 2.24) is 19.9 Å². The lowest BCUT2D eigenvalue weighted by Gasteiger charge is -2.05. The van der Waals surface area contributed by atoms with Crippen LogP contribution in [0.3, 0.4) is 0 Å². The number of hydrogen-bond donors (Lipinski definition) is 6. The summed E-state index contributed by atoms with van der Waals surface area (Å²) in [5.74, 6) is -3.77. The Kier molecular flexibility index (Phi) is 12.8. The molecule has 0 unspecified atom stereocenters. The Morgan fingerprint density at radius 1 is 0.500 bits per heavy atom. The topological polar surface area (TPSA) is 207 Å². The van der Waals surface area contributed by atoms with E-state index in [0.29, 0.717) is 33.8 Å². The first-order chi connectivity index (χ1) is 22.7. The number of aromatic nitrogens is 4. The fourth-order valence-corrected chi connectivity index (χ4v) is 6.42. The molecule has 0 spiro atoms. The van der Waals surface area contributed by atoms with Crippen molar-refractivity contribution < 1.29 is 39.6 Å². The van der Waals surface area contributed by atoms with E-state index in [1.165, 1.54) is 0 Å². The predicted molar refractivity (Wildman–Crippen MR) is 196 cm³/mol. The van der Waals surface area contributed by atoms with Crippen molar-refractivity contribution in [3.05, 3.63) is 69.3 Å². The summed E-state index contributed by atoms with van der Waals surface area (Å²) in [5.41, 5.74) is 11.4. The van der Waals surface area contributed by atoms with Gasteiger partial charge in [0.25, 0.3) is 0 Å². The molecule has 3 aromatic heterocycles. The van der Waals surface area contributed by atoms with Gasteiger partial charge in [-0.3, -0.25) is 19.2 Å². The highest BCUT2D eigenvalue weighted by atomic mass is 35.5. The largest absolute Gasteiger partial charge is 0.481 e. The Hall–Kier alpha value is -4.94. The second kappa shape index (κ2) is 16.2. The lowest BCUT2D eigenvalue weighted by molar-refractivity contribution is -0.138. The summed E-state index contributed by atoms with van der Waals surface area (Å²) in [6.45, 7) is 7.57. The summed E-state index contributed by atoms with van der Waals surface area (Å²) in [4.78, 5) is 63.1. The van der Waals surface area contributed by atoms with Crippen molar-refractivity contribution in [2.75, 3.05) is 0 Å². The highest BCUT2D eigenvalue weighted by molar-refractivity contribution is 5.96. The Bertz CT molecular complexity index is 2110. The fourth-order valence-electron chi connectivity index (χ4n) is 6.42. The number of H-pyrrole nitrogens is 2. The summed E-state index contributed by atoms with van der Waals surface area (Å²) >= 11 is 0. The number of aromatic amines is 2. The number of carbonyl (C=O) groups is 4. The Labute approximate surface area is 300 Å². The van der Waals surface area contributed by atoms with Crippen molar-refractivity contribution in [1.29, 1.82) is 0 Å². The number of carboxylic acid groups (broad SMARTS) is 4. The van der Waals surface area contributed by atoms with Gasteiger partial charge in [0.1, 0.15) is 0 Å². The lowest BCUT2D eigenvalue weighted by Crippen LogP contribution is -1.98. The van der Waals surface area contributed by atoms with Crippen molar-refractivity contribution in [2.24, 2.45) is 0 Å². The number of halogens is 2. The van der Waals surface area contributed by atoms with Crippen molar-refractivity contribution >= 4 is 93.1 Å². The highest BCUT2D eigenvalue weighted by Gasteiger charge is 2.23. The molecule has 12 nitrogen and oxygen atoms in total. The van der Waals surface area contributed by atoms with E-state index in [4.69, 9.17) is 9.97 Å². The maximum absolute atomic E-state index is 11.6. The molecule has 0 radical (unpaired) electrons. The smallest absolute Gasteiger partial charge is 0.303 e. The average molecular weight is 728 g/mol. The van der Waals surface area contributed by atoms with E-state index in [0.717, 1.165) is 55.6 Å². The number of nitrogens with zero attached hydrogens (tertiary/aromatic N) is 2. The zero-order valence-electron chi connectivity index (χ0n) is 28.1. The number of hydrogen-bond acceptors (Lipinski definition) is 6. The van der Waals surface area contributed by atoms with E-state index in [-0.39, 0.29) is 76.2 Å². The molecule has 0 saturated carbocycles. The second-order valence-corrected chi connectivity index (χ2v) is 12.2. The number of nitrogens with one attached hydrogen (secondary N) is 2. The monoisotopic (exact) mass is 726 g/mol. The number of aliphatic carboxylic acids is 4. The van der Waals surface area contributed by atoms with Crippen LogP contribution in [0.25, 0.3) is 44.4 Å². The summed E-state index contributed by atoms with van der Waals surface area (Å²) in [6.07, 6.45) is 0.566. The molecular weight excluding hydrogens is 687 g/mol. The van der Waals surface area contributed by atoms with Gasteiger partial charge in [-0.25, -0.2) is 9.97 Å². The van der Waals surface area contributed by atoms with E-state index in [1.807, 2.05) is 45.9 Å². The van der Waals surface area contributed by atoms with Gasteiger partial charge in [0.15, 0.2) is 0 Å². The van der Waals surface area contributed by atoms with Gasteiger partial charge >= 0.3 is 23.9 Å². The van der Waals surface area contributed by atoms with E-state index >= 15 is 0 Å². The van der Waals surface area contributed by atoms with Gasteiger partial charge in [-0.15, -0.1) is 24.8 Å². The molecule has 0 aliphatic carbocycles. The molecule has 5 heterocycles. The number of fused-ring (bicyclic) bond motifs is 8. The SMILES string of the molecule is CC1=C(CCC(=O)O)c2cc3nc(cc4[nH]c(cc5[nH]c(cc1n2)c(C)c5CCC(=O)O)c(C)c4CCC(=O)O)C(C)=C3CCC(=O)O.Cl.Cl. The Morgan fingerprint density at radius 2 is 0.840 bits per heavy atom. The van der Waals surface area contributed by atoms with Gasteiger partial charge in [-0.2, -0.15) is 0 Å². The summed E-state index contributed by atoms with van der Waals surface area (Å²) in [7, 11) is 0. The van der Waals surface area contributed by atoms with Crippen LogP contribution < -0.4 is 0 Å². The molecule has 50 heavy (non-hydrogen) atoms. The van der Waals surface area contributed by atoms with Crippen LogP contribution in [0, 0.1) is 13.8 Å². The maximum Gasteiger partial charge on any atom is 0.303 e. The zero-order chi connectivity index (χ0) is 34.9. The molecule has 5 rings (SSSR count). The summed E-state index contributed by atoms with van der Waals surface area (Å²) in [6, 6.07) is 7.40. The summed E-state index contributed by atoms with van der Waals surface area (Å²) in [5, 5.41) is 38.0. The third-order valence-electron chi connectivity index (χ3n) is 9.16. The molecule has 0 aromatic carbocycles. The third-order valence-corrected chi connectivity index (χ3v) is 9.16. The van der Waals surface area contributed by atoms with E-state index in [1.54, 1.807) is 6.07 Å². The lowest BCUT2D eigenvalue weighted by atomic mass is 9.98. The van der Waals surface area contributed by atoms with Crippen LogP contribution in [-0.2, 0) is 32.0 Å². The van der Waals surface area contributed by atoms with Gasteiger partial charge in [0.05, 0.1) is 22.8 Å². The normalized spacial score (nSPS) is 12.4. The third kappa shape index (κ3) is 8.43. The van der Waals surface area contributed by atoms with E-state index < -0.39 is 23.9 Å². The number of allylic oxidation sites excluding steroid dienone is 4. The van der Waals surface area contributed by atoms with E-state index in [2.05, 4.69) is 9.97 Å². The summed E-state index contributed by atoms with van der Waals surface area (Å²) < 4.78 is 0. The van der Waals surface area contributed by atoms with Crippen LogP contribution in [0.15, 0.2) is 24.3 Å². The second-order valence-electron chi connectivity index (χ2n) is 12.2. The van der Waals surface area contributed by atoms with Crippen LogP contribution >= 0.6 is 24.8 Å². The molecule has 2 aliphatic rings. The standard InChI is InChI=1S/C36H38N4O8.2ClH/c1-17-21(5-9-33(41)42)29-14-27-19(3)22(6-10-34(43)44)30(39-27)15-28-20(4)24(8-12-36(47)48)32(40-28)16-31-23(7-11-35(45)46)18(2)26(38-31)13-25(17)37-29;;/h13-16,37,39H,5-12H2,1-4H3,(H,41,42)(H,43,44)(H,45,46)(H,47,48);2*1H. The molecule has 3 aromatic rings. The number of rotatable bonds is 12. The Balaban J connectivity index is 0.00000338. The van der Waals surface area contributed by atoms with E-state index in [9.17, 15) is 39.6 Å². The first-order valence-electron chi connectivity index (χ1n) is 15.7. The molecule has 0 fully saturated rings. The molecule has 14 heteroatoms. The van der Waals surface area contributed by atoms with Crippen LogP contribution in [0.2, 0.25) is 0 Å². The molecular formula is C36H40Cl2N4O8. The van der Waals surface area contributed by atoms with Crippen LogP contribution in [0.1, 0.15) is 97.4 Å². The molecule has 0 amide bonds. The molecule has 6 N–H and O–H groups in total. The van der Waals surface area contributed by atoms with Gasteiger partial charge in [-0.05, 0) is 122 Å². The van der Waals surface area contributed by atoms with Crippen LogP contribution in [0.5, 0.6) is 0 Å². The predicted octanol–water partition coefficient (Wildman–Crippen LogP) is 7.40. The first kappa shape index (κ1) is 39.5. The fraction of sp³-hybridized carbons (Fsp3) is 0.333. The number of aryl methyl sites for hydroxylation is 4. The molecule has 2 aliphatic heterocycles. The maximum atomic E-state index is 11.6. The van der Waals surface area contributed by atoms with Gasteiger partial charge in [-0.1, -0.05) is 0 Å². The molecule has 8 bridgehead atoms. The van der Waals surface area contributed by atoms with Crippen LogP contribution in [-0.4, -0.2) is 64.2 Å². The number of carboxylic acids is 4. The minimum Gasteiger partial charge on any atom is -0.481 e. The molecule has 0 saturated heterocycles. The van der Waals surface area contributed by atoms with Crippen molar-refractivity contribution in [3.63, 3.8) is 0 Å². The molecule has 0 atom stereocenters. The first-order valence-corrected chi connectivity index (χ1v) is 15.7. The van der Waals surface area contributed by atoms with Gasteiger partial charge in [0, 0.05) is 47.8 Å². The average Bonchev–Trinajstić information content (AvgIpc) is 3.66.